The van der Waals surface area contributed by atoms with E-state index < -0.39 is 11.6 Å². The van der Waals surface area contributed by atoms with Crippen LogP contribution in [0.1, 0.15) is 5.56 Å². The highest BCUT2D eigenvalue weighted by molar-refractivity contribution is 5.94. The molecule has 0 aliphatic rings. The summed E-state index contributed by atoms with van der Waals surface area (Å²) < 4.78 is 34.9. The molecule has 0 aliphatic carbocycles. The SMILES string of the molecule is COc1cccc(Nc2ncnc3c2cc(-c2ccc(O)cc2)n3Cc2cc(F)cc(F)c2)c1. The first-order valence-corrected chi connectivity index (χ1v) is 10.5. The molecule has 5 rings (SSSR count). The van der Waals surface area contributed by atoms with Crippen LogP contribution in [-0.2, 0) is 6.54 Å². The molecule has 0 saturated heterocycles. The Balaban J connectivity index is 1.65. The Bertz CT molecular complexity index is 1460. The van der Waals surface area contributed by atoms with Crippen LogP contribution in [0, 0.1) is 11.6 Å². The van der Waals surface area contributed by atoms with Crippen molar-refractivity contribution in [3.05, 3.63) is 96.3 Å². The molecule has 170 valence electrons. The first kappa shape index (κ1) is 21.4. The zero-order chi connectivity index (χ0) is 23.7. The number of fused-ring (bicyclic) bond motifs is 1. The van der Waals surface area contributed by atoms with Gasteiger partial charge in [-0.15, -0.1) is 0 Å². The Morgan fingerprint density at radius 1 is 0.941 bits per heavy atom. The van der Waals surface area contributed by atoms with E-state index in [9.17, 15) is 13.9 Å². The van der Waals surface area contributed by atoms with Gasteiger partial charge in [0.2, 0.25) is 0 Å². The van der Waals surface area contributed by atoms with Crippen LogP contribution in [0.5, 0.6) is 11.5 Å². The molecule has 6 nitrogen and oxygen atoms in total. The number of rotatable bonds is 6. The number of phenols is 1. The summed E-state index contributed by atoms with van der Waals surface area (Å²) >= 11 is 0. The summed E-state index contributed by atoms with van der Waals surface area (Å²) in [7, 11) is 1.60. The van der Waals surface area contributed by atoms with Crippen molar-refractivity contribution in [2.75, 3.05) is 12.4 Å². The fraction of sp³-hybridized carbons (Fsp3) is 0.0769. The Labute approximate surface area is 194 Å². The number of hydrogen-bond donors (Lipinski definition) is 2. The predicted molar refractivity (Wildman–Crippen MR) is 126 cm³/mol. The normalized spacial score (nSPS) is 11.0. The average molecular weight is 458 g/mol. The third-order valence-electron chi connectivity index (χ3n) is 5.45. The van der Waals surface area contributed by atoms with Gasteiger partial charge in [-0.1, -0.05) is 6.07 Å². The number of benzene rings is 3. The lowest BCUT2D eigenvalue weighted by molar-refractivity contribution is 0.415. The molecule has 2 N–H and O–H groups in total. The third kappa shape index (κ3) is 4.25. The fourth-order valence-electron chi connectivity index (χ4n) is 3.92. The Morgan fingerprint density at radius 2 is 1.71 bits per heavy atom. The van der Waals surface area contributed by atoms with Gasteiger partial charge in [-0.25, -0.2) is 18.7 Å². The number of nitrogens with zero attached hydrogens (tertiary/aromatic N) is 3. The standard InChI is InChI=1S/C26H20F2N4O2/c1-34-22-4-2-3-20(12-22)31-25-23-13-24(17-5-7-21(33)8-6-17)32(26(23)30-15-29-25)14-16-9-18(27)11-19(28)10-16/h2-13,15,33H,14H2,1H3,(H,29,30,31). The topological polar surface area (TPSA) is 72.2 Å². The van der Waals surface area contributed by atoms with E-state index in [1.54, 1.807) is 31.4 Å². The molecule has 0 radical (unpaired) electrons. The van der Waals surface area contributed by atoms with Gasteiger partial charge in [0.05, 0.1) is 18.2 Å². The van der Waals surface area contributed by atoms with Crippen LogP contribution in [0.2, 0.25) is 0 Å². The molecule has 2 aromatic heterocycles. The van der Waals surface area contributed by atoms with E-state index in [1.165, 1.54) is 18.5 Å². The van der Waals surface area contributed by atoms with Crippen LogP contribution in [0.4, 0.5) is 20.3 Å². The molecule has 34 heavy (non-hydrogen) atoms. The maximum atomic E-state index is 13.9. The average Bonchev–Trinajstić information content (AvgIpc) is 3.18. The molecule has 5 aromatic rings. The highest BCUT2D eigenvalue weighted by Gasteiger charge is 2.17. The van der Waals surface area contributed by atoms with Gasteiger partial charge in [0.25, 0.3) is 0 Å². The van der Waals surface area contributed by atoms with Crippen molar-refractivity contribution >= 4 is 22.5 Å². The number of phenolic OH excluding ortho intramolecular Hbond substituents is 1. The molecule has 8 heteroatoms. The molecule has 0 bridgehead atoms. The second-order valence-corrected chi connectivity index (χ2v) is 7.76. The summed E-state index contributed by atoms with van der Waals surface area (Å²) in [6.07, 6.45) is 1.44. The highest BCUT2D eigenvalue weighted by atomic mass is 19.1. The van der Waals surface area contributed by atoms with Gasteiger partial charge < -0.3 is 19.7 Å². The molecule has 0 unspecified atom stereocenters. The Kier molecular flexibility index (Phi) is 5.55. The number of methoxy groups -OCH3 is 1. The van der Waals surface area contributed by atoms with Crippen molar-refractivity contribution in [3.63, 3.8) is 0 Å². The van der Waals surface area contributed by atoms with Crippen molar-refractivity contribution in [1.29, 1.82) is 0 Å². The van der Waals surface area contributed by atoms with Crippen LogP contribution in [0.25, 0.3) is 22.3 Å². The summed E-state index contributed by atoms with van der Waals surface area (Å²) in [5, 5.41) is 13.8. The molecule has 0 spiro atoms. The second-order valence-electron chi connectivity index (χ2n) is 7.76. The van der Waals surface area contributed by atoms with Crippen molar-refractivity contribution in [2.45, 2.75) is 6.54 Å². The van der Waals surface area contributed by atoms with E-state index in [-0.39, 0.29) is 12.3 Å². The lowest BCUT2D eigenvalue weighted by Gasteiger charge is -2.12. The number of nitrogens with one attached hydrogen (secondary N) is 1. The second kappa shape index (κ2) is 8.82. The number of aromatic hydroxyl groups is 1. The van der Waals surface area contributed by atoms with Gasteiger partial charge in [0.15, 0.2) is 0 Å². The lowest BCUT2D eigenvalue weighted by atomic mass is 10.1. The van der Waals surface area contributed by atoms with Crippen LogP contribution in [-0.4, -0.2) is 26.8 Å². The first-order chi connectivity index (χ1) is 16.5. The fourth-order valence-corrected chi connectivity index (χ4v) is 3.92. The first-order valence-electron chi connectivity index (χ1n) is 10.5. The molecular formula is C26H20F2N4O2. The van der Waals surface area contributed by atoms with Gasteiger partial charge in [-0.2, -0.15) is 0 Å². The third-order valence-corrected chi connectivity index (χ3v) is 5.45. The maximum Gasteiger partial charge on any atom is 0.146 e. The van der Waals surface area contributed by atoms with Gasteiger partial charge >= 0.3 is 0 Å². The van der Waals surface area contributed by atoms with Gasteiger partial charge in [0.1, 0.15) is 40.9 Å². The minimum Gasteiger partial charge on any atom is -0.508 e. The molecule has 0 atom stereocenters. The quantitative estimate of drug-likeness (QED) is 0.332. The summed E-state index contributed by atoms with van der Waals surface area (Å²) in [6.45, 7) is 0.185. The number of aromatic nitrogens is 3. The minimum absolute atomic E-state index is 0.138. The molecule has 2 heterocycles. The molecular weight excluding hydrogens is 438 g/mol. The zero-order valence-corrected chi connectivity index (χ0v) is 18.2. The summed E-state index contributed by atoms with van der Waals surface area (Å²) in [5.74, 6) is 0.118. The molecule has 0 fully saturated rings. The Morgan fingerprint density at radius 3 is 2.44 bits per heavy atom. The number of halogens is 2. The van der Waals surface area contributed by atoms with E-state index in [2.05, 4.69) is 15.3 Å². The predicted octanol–water partition coefficient (Wildman–Crippen LogP) is 5.88. The van der Waals surface area contributed by atoms with E-state index in [0.717, 1.165) is 28.4 Å². The van der Waals surface area contributed by atoms with Crippen molar-refractivity contribution in [1.82, 2.24) is 14.5 Å². The van der Waals surface area contributed by atoms with Gasteiger partial charge in [-0.3, -0.25) is 0 Å². The van der Waals surface area contributed by atoms with Crippen molar-refractivity contribution < 1.29 is 18.6 Å². The van der Waals surface area contributed by atoms with E-state index in [4.69, 9.17) is 4.74 Å². The number of anilines is 2. The number of hydrogen-bond acceptors (Lipinski definition) is 5. The lowest BCUT2D eigenvalue weighted by Crippen LogP contribution is -2.04. The van der Waals surface area contributed by atoms with Crippen molar-refractivity contribution in [3.8, 4) is 22.8 Å². The van der Waals surface area contributed by atoms with Crippen LogP contribution < -0.4 is 10.1 Å². The number of ether oxygens (including phenoxy) is 1. The zero-order valence-electron chi connectivity index (χ0n) is 18.2. The smallest absolute Gasteiger partial charge is 0.146 e. The summed E-state index contributed by atoms with van der Waals surface area (Å²) in [6, 6.07) is 19.5. The van der Waals surface area contributed by atoms with Gasteiger partial charge in [0, 0.05) is 24.4 Å². The van der Waals surface area contributed by atoms with E-state index in [0.29, 0.717) is 22.8 Å². The highest BCUT2D eigenvalue weighted by Crippen LogP contribution is 2.33. The summed E-state index contributed by atoms with van der Waals surface area (Å²) in [4.78, 5) is 8.89. The van der Waals surface area contributed by atoms with Crippen LogP contribution >= 0.6 is 0 Å². The van der Waals surface area contributed by atoms with Crippen LogP contribution in [0.15, 0.2) is 79.1 Å². The maximum absolute atomic E-state index is 13.9. The Hall–Kier alpha value is -4.46. The molecule has 0 amide bonds. The molecule has 0 saturated carbocycles. The van der Waals surface area contributed by atoms with E-state index in [1.807, 2.05) is 34.9 Å². The minimum atomic E-state index is -0.646. The molecule has 0 aliphatic heterocycles. The summed E-state index contributed by atoms with van der Waals surface area (Å²) in [5.41, 5.74) is 3.39. The van der Waals surface area contributed by atoms with Gasteiger partial charge in [-0.05, 0) is 65.7 Å². The van der Waals surface area contributed by atoms with E-state index >= 15 is 0 Å². The molecule has 3 aromatic carbocycles. The largest absolute Gasteiger partial charge is 0.508 e. The monoisotopic (exact) mass is 458 g/mol. The van der Waals surface area contributed by atoms with Crippen LogP contribution in [0.3, 0.4) is 0 Å². The van der Waals surface area contributed by atoms with Crippen molar-refractivity contribution in [2.24, 2.45) is 0 Å².